The van der Waals surface area contributed by atoms with Crippen molar-refractivity contribution in [3.8, 4) is 5.75 Å². The van der Waals surface area contributed by atoms with Crippen LogP contribution in [0.25, 0.3) is 0 Å². The highest BCUT2D eigenvalue weighted by Crippen LogP contribution is 2.28. The molecule has 2 rings (SSSR count). The first-order valence-electron chi connectivity index (χ1n) is 8.21. The van der Waals surface area contributed by atoms with Gasteiger partial charge >= 0.3 is 0 Å². The van der Waals surface area contributed by atoms with Crippen molar-refractivity contribution in [3.05, 3.63) is 62.8 Å². The minimum Gasteiger partial charge on any atom is -0.480 e. The first-order chi connectivity index (χ1) is 12.8. The highest BCUT2D eigenvalue weighted by atomic mass is 79.9. The Morgan fingerprint density at radius 1 is 1.19 bits per heavy atom. The van der Waals surface area contributed by atoms with Crippen LogP contribution in [-0.2, 0) is 4.79 Å². The van der Waals surface area contributed by atoms with Crippen molar-refractivity contribution in [2.45, 2.75) is 20.0 Å². The van der Waals surface area contributed by atoms with E-state index in [-0.39, 0.29) is 24.6 Å². The Bertz CT molecular complexity index is 848. The van der Waals surface area contributed by atoms with Crippen molar-refractivity contribution in [1.29, 1.82) is 0 Å². The molecule has 144 valence electrons. The van der Waals surface area contributed by atoms with Gasteiger partial charge in [-0.3, -0.25) is 9.59 Å². The third-order valence-corrected chi connectivity index (χ3v) is 4.57. The van der Waals surface area contributed by atoms with E-state index in [1.807, 2.05) is 0 Å². The van der Waals surface area contributed by atoms with E-state index in [4.69, 9.17) is 16.3 Å². The molecule has 2 N–H and O–H groups in total. The Hall–Kier alpha value is -2.12. The fourth-order valence-corrected chi connectivity index (χ4v) is 2.93. The van der Waals surface area contributed by atoms with Gasteiger partial charge in [-0.15, -0.1) is 0 Å². The number of aryl methyl sites for hydroxylation is 1. The predicted octanol–water partition coefficient (Wildman–Crippen LogP) is 3.86. The summed E-state index contributed by atoms with van der Waals surface area (Å²) in [6.07, 6.45) is -0.732. The molecule has 0 aromatic heterocycles. The van der Waals surface area contributed by atoms with Crippen LogP contribution >= 0.6 is 27.5 Å². The van der Waals surface area contributed by atoms with Crippen LogP contribution in [0.2, 0.25) is 5.02 Å². The summed E-state index contributed by atoms with van der Waals surface area (Å²) in [6, 6.07) is 9.27. The van der Waals surface area contributed by atoms with E-state index in [1.165, 1.54) is 6.07 Å². The molecule has 0 aliphatic heterocycles. The topological polar surface area (TPSA) is 67.4 Å². The van der Waals surface area contributed by atoms with Crippen LogP contribution in [0.1, 0.15) is 22.8 Å². The molecule has 0 radical (unpaired) electrons. The van der Waals surface area contributed by atoms with Crippen LogP contribution in [0.15, 0.2) is 40.9 Å². The van der Waals surface area contributed by atoms with E-state index in [9.17, 15) is 14.0 Å². The zero-order valence-electron chi connectivity index (χ0n) is 14.8. The van der Waals surface area contributed by atoms with Crippen molar-refractivity contribution in [2.24, 2.45) is 0 Å². The van der Waals surface area contributed by atoms with Crippen molar-refractivity contribution < 1.29 is 18.7 Å². The molecule has 0 aliphatic rings. The summed E-state index contributed by atoms with van der Waals surface area (Å²) in [5.41, 5.74) is 0.703. The van der Waals surface area contributed by atoms with Crippen molar-refractivity contribution in [1.82, 2.24) is 10.6 Å². The average Bonchev–Trinajstić information content (AvgIpc) is 2.62. The third-order valence-electron chi connectivity index (χ3n) is 3.71. The lowest BCUT2D eigenvalue weighted by atomic mass is 10.1. The molecule has 27 heavy (non-hydrogen) atoms. The van der Waals surface area contributed by atoms with E-state index in [0.29, 0.717) is 20.8 Å². The number of carbonyl (C=O) groups is 2. The van der Waals surface area contributed by atoms with Crippen LogP contribution < -0.4 is 15.4 Å². The average molecular weight is 458 g/mol. The van der Waals surface area contributed by atoms with Crippen LogP contribution in [-0.4, -0.2) is 31.0 Å². The lowest BCUT2D eigenvalue weighted by Gasteiger charge is -2.16. The van der Waals surface area contributed by atoms with E-state index in [0.717, 1.165) is 0 Å². The molecule has 2 aromatic carbocycles. The number of halogens is 3. The van der Waals surface area contributed by atoms with Gasteiger partial charge in [0.05, 0.1) is 4.47 Å². The van der Waals surface area contributed by atoms with E-state index in [1.54, 1.807) is 44.2 Å². The summed E-state index contributed by atoms with van der Waals surface area (Å²) in [5.74, 6) is -0.669. The van der Waals surface area contributed by atoms with Gasteiger partial charge in [-0.25, -0.2) is 4.39 Å². The highest BCUT2D eigenvalue weighted by Gasteiger charge is 2.16. The van der Waals surface area contributed by atoms with Gasteiger partial charge in [-0.05, 0) is 65.7 Å². The number of hydrogen-bond acceptors (Lipinski definition) is 3. The van der Waals surface area contributed by atoms with Crippen LogP contribution in [0.4, 0.5) is 4.39 Å². The molecule has 0 saturated heterocycles. The first kappa shape index (κ1) is 21.2. The van der Waals surface area contributed by atoms with Gasteiger partial charge < -0.3 is 15.4 Å². The lowest BCUT2D eigenvalue weighted by Crippen LogP contribution is -2.40. The van der Waals surface area contributed by atoms with Gasteiger partial charge in [-0.1, -0.05) is 17.7 Å². The van der Waals surface area contributed by atoms with Gasteiger partial charge in [0.1, 0.15) is 11.6 Å². The Morgan fingerprint density at radius 3 is 2.56 bits per heavy atom. The van der Waals surface area contributed by atoms with Crippen LogP contribution in [0.5, 0.6) is 5.75 Å². The number of hydrogen-bond donors (Lipinski definition) is 2. The number of nitrogens with one attached hydrogen (secondary N) is 2. The molecule has 2 aromatic rings. The molecular weight excluding hydrogens is 439 g/mol. The molecule has 1 unspecified atom stereocenters. The highest BCUT2D eigenvalue weighted by molar-refractivity contribution is 9.10. The normalized spacial score (nSPS) is 11.6. The smallest absolute Gasteiger partial charge is 0.260 e. The summed E-state index contributed by atoms with van der Waals surface area (Å²) < 4.78 is 19.7. The summed E-state index contributed by atoms with van der Waals surface area (Å²) in [6.45, 7) is 3.66. The maximum atomic E-state index is 13.5. The molecule has 0 fully saturated rings. The van der Waals surface area contributed by atoms with Gasteiger partial charge in [0.25, 0.3) is 11.8 Å². The first-order valence-corrected chi connectivity index (χ1v) is 9.39. The zero-order chi connectivity index (χ0) is 20.0. The fourth-order valence-electron chi connectivity index (χ4n) is 2.16. The minimum absolute atomic E-state index is 0.206. The summed E-state index contributed by atoms with van der Waals surface area (Å²) >= 11 is 9.19. The maximum Gasteiger partial charge on any atom is 0.260 e. The SMILES string of the molecule is Cc1ccc(C(=O)NCCNC(=O)C(C)Oc2ccc(Cl)cc2Br)cc1F. The van der Waals surface area contributed by atoms with Gasteiger partial charge in [0, 0.05) is 23.7 Å². The number of carbonyl (C=O) groups excluding carboxylic acids is 2. The standard InChI is InChI=1S/C19H19BrClFN2O3/c1-11-3-4-13(9-16(11)22)19(26)24-8-7-23-18(25)12(2)27-17-6-5-14(21)10-15(17)20/h3-6,9-10,12H,7-8H2,1-2H3,(H,23,25)(H,24,26). The molecule has 0 heterocycles. The molecular formula is C19H19BrClFN2O3. The maximum absolute atomic E-state index is 13.5. The molecule has 8 heteroatoms. The van der Waals surface area contributed by atoms with E-state index in [2.05, 4.69) is 26.6 Å². The summed E-state index contributed by atoms with van der Waals surface area (Å²) in [5, 5.41) is 5.84. The van der Waals surface area contributed by atoms with Crippen LogP contribution in [0.3, 0.4) is 0 Å². The second kappa shape index (κ2) is 9.71. The zero-order valence-corrected chi connectivity index (χ0v) is 17.2. The van der Waals surface area contributed by atoms with Crippen molar-refractivity contribution >= 4 is 39.3 Å². The summed E-state index contributed by atoms with van der Waals surface area (Å²) in [7, 11) is 0. The van der Waals surface area contributed by atoms with E-state index >= 15 is 0 Å². The Balaban J connectivity index is 1.76. The monoisotopic (exact) mass is 456 g/mol. The minimum atomic E-state index is -0.732. The van der Waals surface area contributed by atoms with Gasteiger partial charge in [0.2, 0.25) is 0 Å². The number of rotatable bonds is 7. The second-order valence-electron chi connectivity index (χ2n) is 5.85. The quantitative estimate of drug-likeness (QED) is 0.620. The molecule has 1 atom stereocenters. The van der Waals surface area contributed by atoms with Crippen LogP contribution in [0, 0.1) is 12.7 Å². The molecule has 0 aliphatic carbocycles. The van der Waals surface area contributed by atoms with Crippen molar-refractivity contribution in [2.75, 3.05) is 13.1 Å². The van der Waals surface area contributed by atoms with Gasteiger partial charge in [0.15, 0.2) is 6.10 Å². The predicted molar refractivity (Wildman–Crippen MR) is 106 cm³/mol. The third kappa shape index (κ3) is 6.22. The van der Waals surface area contributed by atoms with E-state index < -0.39 is 17.8 Å². The lowest BCUT2D eigenvalue weighted by molar-refractivity contribution is -0.127. The molecule has 0 bridgehead atoms. The number of benzene rings is 2. The summed E-state index contributed by atoms with van der Waals surface area (Å²) in [4.78, 5) is 24.0. The molecule has 5 nitrogen and oxygen atoms in total. The molecule has 2 amide bonds. The molecule has 0 saturated carbocycles. The van der Waals surface area contributed by atoms with Gasteiger partial charge in [-0.2, -0.15) is 0 Å². The Kier molecular flexibility index (Phi) is 7.62. The number of amides is 2. The fraction of sp³-hybridized carbons (Fsp3) is 0.263. The van der Waals surface area contributed by atoms with Crippen molar-refractivity contribution in [3.63, 3.8) is 0 Å². The second-order valence-corrected chi connectivity index (χ2v) is 7.14. The number of ether oxygens (including phenoxy) is 1. The Morgan fingerprint density at radius 2 is 1.89 bits per heavy atom. The molecule has 0 spiro atoms. The largest absolute Gasteiger partial charge is 0.480 e. The Labute approximate surface area is 170 Å².